The first-order valence-electron chi connectivity index (χ1n) is 6.59. The Hall–Kier alpha value is -2.20. The molecule has 0 spiro atoms. The molecule has 110 valence electrons. The second kappa shape index (κ2) is 6.50. The third-order valence-corrected chi connectivity index (χ3v) is 3.18. The Labute approximate surface area is 128 Å². The van der Waals surface area contributed by atoms with Crippen molar-refractivity contribution in [2.45, 2.75) is 20.0 Å². The van der Waals surface area contributed by atoms with Gasteiger partial charge in [0, 0.05) is 5.69 Å². The fourth-order valence-corrected chi connectivity index (χ4v) is 2.02. The zero-order chi connectivity index (χ0) is 15.4. The summed E-state index contributed by atoms with van der Waals surface area (Å²) in [5.41, 5.74) is 7.08. The molecule has 2 aromatic rings. The highest BCUT2D eigenvalue weighted by atomic mass is 35.5. The number of nitrogens with two attached hydrogens (primary N) is 1. The number of halogens is 1. The number of ether oxygens (including phenoxy) is 1. The third-order valence-electron chi connectivity index (χ3n) is 2.76. The topological polar surface area (TPSA) is 64.3 Å². The smallest absolute Gasteiger partial charge is 0.257 e. The van der Waals surface area contributed by atoms with Crippen LogP contribution in [0, 0.1) is 0 Å². The van der Waals surface area contributed by atoms with Gasteiger partial charge in [-0.05, 0) is 50.2 Å². The van der Waals surface area contributed by atoms with E-state index in [-0.39, 0.29) is 17.0 Å². The van der Waals surface area contributed by atoms with Crippen LogP contribution >= 0.6 is 11.6 Å². The maximum atomic E-state index is 12.2. The summed E-state index contributed by atoms with van der Waals surface area (Å²) in [6, 6.07) is 12.1. The molecule has 1 amide bonds. The Bertz CT molecular complexity index is 639. The summed E-state index contributed by atoms with van der Waals surface area (Å²) in [7, 11) is 0. The molecule has 21 heavy (non-hydrogen) atoms. The Morgan fingerprint density at radius 3 is 2.48 bits per heavy atom. The lowest BCUT2D eigenvalue weighted by Gasteiger charge is -2.11. The lowest BCUT2D eigenvalue weighted by molar-refractivity contribution is 0.102. The van der Waals surface area contributed by atoms with E-state index in [0.717, 1.165) is 5.75 Å². The van der Waals surface area contributed by atoms with E-state index in [0.29, 0.717) is 16.9 Å². The minimum Gasteiger partial charge on any atom is -0.491 e. The Balaban J connectivity index is 2.11. The lowest BCUT2D eigenvalue weighted by Crippen LogP contribution is -2.13. The first kappa shape index (κ1) is 15.2. The van der Waals surface area contributed by atoms with Gasteiger partial charge in [-0.15, -0.1) is 0 Å². The van der Waals surface area contributed by atoms with Crippen LogP contribution in [0.3, 0.4) is 0 Å². The number of benzene rings is 2. The van der Waals surface area contributed by atoms with Crippen molar-refractivity contribution in [3.05, 3.63) is 53.1 Å². The third kappa shape index (κ3) is 3.89. The molecule has 2 rings (SSSR count). The number of nitrogen functional groups attached to an aromatic ring is 1. The normalized spacial score (nSPS) is 10.5. The predicted molar refractivity (Wildman–Crippen MR) is 86.0 cm³/mol. The number of hydrogen-bond acceptors (Lipinski definition) is 3. The van der Waals surface area contributed by atoms with E-state index in [1.807, 2.05) is 13.8 Å². The molecule has 0 fully saturated rings. The highest BCUT2D eigenvalue weighted by Gasteiger charge is 2.12. The van der Waals surface area contributed by atoms with E-state index in [4.69, 9.17) is 22.1 Å². The molecule has 0 aliphatic carbocycles. The second-order valence-corrected chi connectivity index (χ2v) is 5.23. The van der Waals surface area contributed by atoms with Crippen molar-refractivity contribution < 1.29 is 9.53 Å². The predicted octanol–water partition coefficient (Wildman–Crippen LogP) is 3.96. The van der Waals surface area contributed by atoms with Gasteiger partial charge in [-0.1, -0.05) is 17.7 Å². The van der Waals surface area contributed by atoms with Gasteiger partial charge in [0.1, 0.15) is 5.75 Å². The van der Waals surface area contributed by atoms with Gasteiger partial charge in [-0.3, -0.25) is 4.79 Å². The van der Waals surface area contributed by atoms with Gasteiger partial charge in [0.15, 0.2) is 0 Å². The zero-order valence-corrected chi connectivity index (χ0v) is 12.6. The fraction of sp³-hybridized carbons (Fsp3) is 0.188. The molecule has 5 heteroatoms. The summed E-state index contributed by atoms with van der Waals surface area (Å²) in [5, 5.41) is 3.03. The lowest BCUT2D eigenvalue weighted by atomic mass is 10.2. The summed E-state index contributed by atoms with van der Waals surface area (Å²) in [5.74, 6) is 0.454. The molecule has 0 saturated carbocycles. The van der Waals surface area contributed by atoms with Crippen LogP contribution in [0.25, 0.3) is 0 Å². The van der Waals surface area contributed by atoms with Gasteiger partial charge in [0.25, 0.3) is 5.91 Å². The molecule has 0 radical (unpaired) electrons. The van der Waals surface area contributed by atoms with Crippen molar-refractivity contribution in [2.75, 3.05) is 11.1 Å². The quantitative estimate of drug-likeness (QED) is 0.840. The van der Waals surface area contributed by atoms with Crippen molar-refractivity contribution in [3.8, 4) is 5.75 Å². The summed E-state index contributed by atoms with van der Waals surface area (Å²) in [4.78, 5) is 12.2. The number of carbonyl (C=O) groups excluding carboxylic acids is 1. The van der Waals surface area contributed by atoms with Gasteiger partial charge in [0.05, 0.1) is 22.4 Å². The molecule has 0 aliphatic heterocycles. The average Bonchev–Trinajstić information content (AvgIpc) is 2.43. The van der Waals surface area contributed by atoms with Crippen LogP contribution in [0.15, 0.2) is 42.5 Å². The van der Waals surface area contributed by atoms with Crippen molar-refractivity contribution in [3.63, 3.8) is 0 Å². The standard InChI is InChI=1S/C16H17ClN2O2/c1-10(2)21-12-8-6-11(7-9-12)19-16(20)13-4-3-5-14(18)15(13)17/h3-10H,18H2,1-2H3,(H,19,20). The molecule has 0 atom stereocenters. The van der Waals surface area contributed by atoms with Crippen LogP contribution in [0.5, 0.6) is 5.75 Å². The fourth-order valence-electron chi connectivity index (χ4n) is 1.81. The van der Waals surface area contributed by atoms with Crippen LogP contribution in [0.4, 0.5) is 11.4 Å². The SMILES string of the molecule is CC(C)Oc1ccc(NC(=O)c2cccc(N)c2Cl)cc1. The molecular formula is C16H17ClN2O2. The van der Waals surface area contributed by atoms with E-state index in [1.165, 1.54) is 0 Å². The molecule has 0 unspecified atom stereocenters. The van der Waals surface area contributed by atoms with Crippen molar-refractivity contribution >= 4 is 28.9 Å². The van der Waals surface area contributed by atoms with Crippen molar-refractivity contribution in [1.82, 2.24) is 0 Å². The summed E-state index contributed by atoms with van der Waals surface area (Å²) >= 11 is 6.03. The van der Waals surface area contributed by atoms with Gasteiger partial charge < -0.3 is 15.8 Å². The van der Waals surface area contributed by atoms with Gasteiger partial charge >= 0.3 is 0 Å². The molecule has 0 aromatic heterocycles. The summed E-state index contributed by atoms with van der Waals surface area (Å²) < 4.78 is 5.54. The average molecular weight is 305 g/mol. The molecular weight excluding hydrogens is 288 g/mol. The number of anilines is 2. The van der Waals surface area contributed by atoms with Crippen LogP contribution in [-0.2, 0) is 0 Å². The Morgan fingerprint density at radius 1 is 1.19 bits per heavy atom. The maximum Gasteiger partial charge on any atom is 0.257 e. The molecule has 4 nitrogen and oxygen atoms in total. The monoisotopic (exact) mass is 304 g/mol. The van der Waals surface area contributed by atoms with E-state index in [9.17, 15) is 4.79 Å². The number of hydrogen-bond donors (Lipinski definition) is 2. The van der Waals surface area contributed by atoms with E-state index in [2.05, 4.69) is 5.32 Å². The van der Waals surface area contributed by atoms with E-state index < -0.39 is 0 Å². The highest BCUT2D eigenvalue weighted by Crippen LogP contribution is 2.24. The van der Waals surface area contributed by atoms with Gasteiger partial charge in [-0.25, -0.2) is 0 Å². The molecule has 2 aromatic carbocycles. The molecule has 0 saturated heterocycles. The van der Waals surface area contributed by atoms with Crippen molar-refractivity contribution in [1.29, 1.82) is 0 Å². The molecule has 3 N–H and O–H groups in total. The zero-order valence-electron chi connectivity index (χ0n) is 11.9. The van der Waals surface area contributed by atoms with Crippen LogP contribution in [0.1, 0.15) is 24.2 Å². The van der Waals surface area contributed by atoms with Gasteiger partial charge in [0.2, 0.25) is 0 Å². The Kier molecular flexibility index (Phi) is 4.70. The maximum absolute atomic E-state index is 12.2. The number of amides is 1. The van der Waals surface area contributed by atoms with E-state index >= 15 is 0 Å². The Morgan fingerprint density at radius 2 is 1.86 bits per heavy atom. The first-order valence-corrected chi connectivity index (χ1v) is 6.97. The minimum atomic E-state index is -0.301. The van der Waals surface area contributed by atoms with Crippen molar-refractivity contribution in [2.24, 2.45) is 0 Å². The summed E-state index contributed by atoms with van der Waals surface area (Å²) in [6.45, 7) is 3.91. The molecule has 0 heterocycles. The highest BCUT2D eigenvalue weighted by molar-refractivity contribution is 6.36. The van der Waals surface area contributed by atoms with Crippen LogP contribution < -0.4 is 15.8 Å². The minimum absolute atomic E-state index is 0.108. The molecule has 0 aliphatic rings. The summed E-state index contributed by atoms with van der Waals surface area (Å²) in [6.07, 6.45) is 0.108. The number of nitrogens with one attached hydrogen (secondary N) is 1. The first-order chi connectivity index (χ1) is 9.97. The van der Waals surface area contributed by atoms with Gasteiger partial charge in [-0.2, -0.15) is 0 Å². The van der Waals surface area contributed by atoms with Crippen LogP contribution in [0.2, 0.25) is 5.02 Å². The number of rotatable bonds is 4. The van der Waals surface area contributed by atoms with Crippen LogP contribution in [-0.4, -0.2) is 12.0 Å². The second-order valence-electron chi connectivity index (χ2n) is 4.85. The van der Waals surface area contributed by atoms with E-state index in [1.54, 1.807) is 42.5 Å². The number of carbonyl (C=O) groups is 1. The molecule has 0 bridgehead atoms. The largest absolute Gasteiger partial charge is 0.491 e.